The third kappa shape index (κ3) is 7.51. The highest BCUT2D eigenvalue weighted by atomic mass is 32.2. The number of urea groups is 1. The summed E-state index contributed by atoms with van der Waals surface area (Å²) in [6.07, 6.45) is 0.305. The zero-order valence-corrected chi connectivity index (χ0v) is 19.4. The maximum atomic E-state index is 12.5. The average Bonchev–Trinajstić information content (AvgIpc) is 2.75. The van der Waals surface area contributed by atoms with Crippen LogP contribution in [0.5, 0.6) is 0 Å². The van der Waals surface area contributed by atoms with Crippen molar-refractivity contribution in [3.8, 4) is 0 Å². The summed E-state index contributed by atoms with van der Waals surface area (Å²) >= 11 is 1.78. The van der Waals surface area contributed by atoms with Crippen molar-refractivity contribution in [2.24, 2.45) is 0 Å². The van der Waals surface area contributed by atoms with Gasteiger partial charge in [0.2, 0.25) is 5.91 Å². The molecule has 1 heterocycles. The van der Waals surface area contributed by atoms with Gasteiger partial charge in [-0.3, -0.25) is 4.79 Å². The molecular formula is C24H32N4O2S. The van der Waals surface area contributed by atoms with Crippen molar-refractivity contribution < 1.29 is 9.59 Å². The first-order valence-corrected chi connectivity index (χ1v) is 11.5. The van der Waals surface area contributed by atoms with Crippen LogP contribution in [0.25, 0.3) is 0 Å². The first-order chi connectivity index (χ1) is 14.8. The van der Waals surface area contributed by atoms with Crippen molar-refractivity contribution in [2.75, 3.05) is 42.9 Å². The van der Waals surface area contributed by atoms with Gasteiger partial charge in [-0.05, 0) is 36.4 Å². The second kappa shape index (κ2) is 10.6. The fourth-order valence-electron chi connectivity index (χ4n) is 3.43. The molecule has 2 aromatic rings. The van der Waals surface area contributed by atoms with E-state index in [9.17, 15) is 9.59 Å². The number of carbonyl (C=O) groups excluding carboxylic acids is 2. The highest BCUT2D eigenvalue weighted by Gasteiger charge is 2.21. The predicted octanol–water partition coefficient (Wildman–Crippen LogP) is 4.44. The molecular weight excluding hydrogens is 408 g/mol. The number of para-hydroxylation sites is 1. The van der Waals surface area contributed by atoms with Crippen LogP contribution in [-0.4, -0.2) is 54.3 Å². The Bertz CT molecular complexity index is 857. The van der Waals surface area contributed by atoms with Crippen molar-refractivity contribution >= 4 is 35.1 Å². The first-order valence-electron chi connectivity index (χ1n) is 10.7. The Morgan fingerprint density at radius 3 is 2.19 bits per heavy atom. The summed E-state index contributed by atoms with van der Waals surface area (Å²) in [4.78, 5) is 29.9. The third-order valence-electron chi connectivity index (χ3n) is 4.91. The number of thioether (sulfide) groups is 1. The standard InChI is InChI=1S/C24H32N4O2S/c1-24(2,3)31-21-11-9-19(10-12-21)26-23(30)25-14-13-22(29)28-17-15-27(16-18-28)20-7-5-4-6-8-20/h4-12H,13-18H2,1-3H3,(H2,25,26,30). The van der Waals surface area contributed by atoms with Gasteiger partial charge in [0.05, 0.1) is 0 Å². The van der Waals surface area contributed by atoms with Gasteiger partial charge in [-0.1, -0.05) is 39.0 Å². The molecule has 0 aliphatic carbocycles. The number of hydrogen-bond donors (Lipinski definition) is 2. The largest absolute Gasteiger partial charge is 0.368 e. The highest BCUT2D eigenvalue weighted by Crippen LogP contribution is 2.32. The van der Waals surface area contributed by atoms with E-state index < -0.39 is 0 Å². The molecule has 6 nitrogen and oxygen atoms in total. The van der Waals surface area contributed by atoms with Gasteiger partial charge in [0.15, 0.2) is 0 Å². The van der Waals surface area contributed by atoms with E-state index >= 15 is 0 Å². The maximum Gasteiger partial charge on any atom is 0.319 e. The molecule has 0 saturated carbocycles. The number of piperazine rings is 1. The minimum atomic E-state index is -0.294. The Balaban J connectivity index is 1.35. The molecule has 3 rings (SSSR count). The predicted molar refractivity (Wildman–Crippen MR) is 129 cm³/mol. The molecule has 166 valence electrons. The summed E-state index contributed by atoms with van der Waals surface area (Å²) in [5.41, 5.74) is 1.93. The van der Waals surface area contributed by atoms with Crippen LogP contribution in [0.15, 0.2) is 59.5 Å². The molecule has 3 amide bonds. The van der Waals surface area contributed by atoms with Gasteiger partial charge in [-0.15, -0.1) is 11.8 Å². The number of hydrogen-bond acceptors (Lipinski definition) is 4. The van der Waals surface area contributed by atoms with Gasteiger partial charge in [-0.25, -0.2) is 4.79 Å². The van der Waals surface area contributed by atoms with E-state index in [-0.39, 0.29) is 16.7 Å². The summed E-state index contributed by atoms with van der Waals surface area (Å²) < 4.78 is 0.146. The number of anilines is 2. The lowest BCUT2D eigenvalue weighted by atomic mass is 10.2. The van der Waals surface area contributed by atoms with Crippen molar-refractivity contribution in [2.45, 2.75) is 36.8 Å². The van der Waals surface area contributed by atoms with Crippen molar-refractivity contribution in [1.82, 2.24) is 10.2 Å². The molecule has 2 aromatic carbocycles. The molecule has 2 N–H and O–H groups in total. The fraction of sp³-hybridized carbons (Fsp3) is 0.417. The Morgan fingerprint density at radius 2 is 1.58 bits per heavy atom. The molecule has 0 aromatic heterocycles. The fourth-order valence-corrected chi connectivity index (χ4v) is 4.41. The molecule has 1 fully saturated rings. The lowest BCUT2D eigenvalue weighted by Gasteiger charge is -2.36. The van der Waals surface area contributed by atoms with Crippen LogP contribution in [0.4, 0.5) is 16.2 Å². The quantitative estimate of drug-likeness (QED) is 0.652. The molecule has 31 heavy (non-hydrogen) atoms. The van der Waals surface area contributed by atoms with Crippen LogP contribution in [0.3, 0.4) is 0 Å². The number of nitrogens with zero attached hydrogens (tertiary/aromatic N) is 2. The maximum absolute atomic E-state index is 12.5. The topological polar surface area (TPSA) is 64.7 Å². The van der Waals surface area contributed by atoms with E-state index in [2.05, 4.69) is 48.4 Å². The molecule has 7 heteroatoms. The number of amides is 3. The molecule has 0 atom stereocenters. The van der Waals surface area contributed by atoms with Crippen molar-refractivity contribution in [3.05, 3.63) is 54.6 Å². The monoisotopic (exact) mass is 440 g/mol. The van der Waals surface area contributed by atoms with Crippen LogP contribution in [0.2, 0.25) is 0 Å². The summed E-state index contributed by atoms with van der Waals surface area (Å²) in [6.45, 7) is 9.89. The Kier molecular flexibility index (Phi) is 7.85. The van der Waals surface area contributed by atoms with Gasteiger partial charge in [0, 0.05) is 60.2 Å². The summed E-state index contributed by atoms with van der Waals surface area (Å²) in [7, 11) is 0. The van der Waals surface area contributed by atoms with Crippen molar-refractivity contribution in [1.29, 1.82) is 0 Å². The van der Waals surface area contributed by atoms with Crippen LogP contribution in [0.1, 0.15) is 27.2 Å². The molecule has 0 unspecified atom stereocenters. The van der Waals surface area contributed by atoms with Gasteiger partial charge in [0.1, 0.15) is 0 Å². The molecule has 0 bridgehead atoms. The lowest BCUT2D eigenvalue weighted by molar-refractivity contribution is -0.131. The second-order valence-electron chi connectivity index (χ2n) is 8.57. The zero-order chi connectivity index (χ0) is 22.3. The van der Waals surface area contributed by atoms with E-state index in [4.69, 9.17) is 0 Å². The lowest BCUT2D eigenvalue weighted by Crippen LogP contribution is -2.49. The highest BCUT2D eigenvalue weighted by molar-refractivity contribution is 8.00. The van der Waals surface area contributed by atoms with Gasteiger partial charge < -0.3 is 20.4 Å². The Morgan fingerprint density at radius 1 is 0.935 bits per heavy atom. The molecule has 1 aliphatic heterocycles. The minimum Gasteiger partial charge on any atom is -0.368 e. The Hall–Kier alpha value is -2.67. The van der Waals surface area contributed by atoms with E-state index in [1.165, 1.54) is 5.69 Å². The van der Waals surface area contributed by atoms with Crippen molar-refractivity contribution in [3.63, 3.8) is 0 Å². The normalized spacial score (nSPS) is 14.3. The van der Waals surface area contributed by atoms with Gasteiger partial charge >= 0.3 is 6.03 Å². The van der Waals surface area contributed by atoms with Crippen LogP contribution in [-0.2, 0) is 4.79 Å². The van der Waals surface area contributed by atoms with E-state index in [0.717, 1.165) is 23.7 Å². The van der Waals surface area contributed by atoms with E-state index in [0.29, 0.717) is 26.1 Å². The van der Waals surface area contributed by atoms with Gasteiger partial charge in [-0.2, -0.15) is 0 Å². The Labute approximate surface area is 189 Å². The summed E-state index contributed by atoms with van der Waals surface area (Å²) in [5.74, 6) is 0.0802. The van der Waals surface area contributed by atoms with Gasteiger partial charge in [0.25, 0.3) is 0 Å². The minimum absolute atomic E-state index is 0.0802. The zero-order valence-electron chi connectivity index (χ0n) is 18.6. The average molecular weight is 441 g/mol. The van der Waals surface area contributed by atoms with E-state index in [1.807, 2.05) is 47.4 Å². The molecule has 0 radical (unpaired) electrons. The SMILES string of the molecule is CC(C)(C)Sc1ccc(NC(=O)NCCC(=O)N2CCN(c3ccccc3)CC2)cc1. The summed E-state index contributed by atoms with van der Waals surface area (Å²) in [6, 6.07) is 17.8. The number of nitrogens with one attached hydrogen (secondary N) is 2. The smallest absolute Gasteiger partial charge is 0.319 e. The molecule has 1 aliphatic rings. The second-order valence-corrected chi connectivity index (χ2v) is 10.5. The van der Waals surface area contributed by atoms with Crippen LogP contribution in [0, 0.1) is 0 Å². The number of benzene rings is 2. The molecule has 1 saturated heterocycles. The number of rotatable bonds is 6. The van der Waals surface area contributed by atoms with Crippen LogP contribution < -0.4 is 15.5 Å². The first kappa shape index (κ1) is 23.0. The summed E-state index contributed by atoms with van der Waals surface area (Å²) in [5, 5.41) is 5.59. The third-order valence-corrected chi connectivity index (χ3v) is 6.03. The number of carbonyl (C=O) groups is 2. The van der Waals surface area contributed by atoms with E-state index in [1.54, 1.807) is 11.8 Å². The van der Waals surface area contributed by atoms with Crippen LogP contribution >= 0.6 is 11.8 Å². The molecule has 0 spiro atoms.